The second kappa shape index (κ2) is 34.4. The Labute approximate surface area is 556 Å². The quantitative estimate of drug-likeness (QED) is 0.0251. The van der Waals surface area contributed by atoms with Crippen LogP contribution in [-0.4, -0.2) is 180 Å². The van der Waals surface area contributed by atoms with Gasteiger partial charge >= 0.3 is 7.12 Å². The summed E-state index contributed by atoms with van der Waals surface area (Å²) in [5, 5.41) is 27.0. The van der Waals surface area contributed by atoms with Crippen LogP contribution in [0.5, 0.6) is 11.5 Å². The molecule has 0 aliphatic rings. The minimum absolute atomic E-state index is 0.276. The molecule has 0 radical (unpaired) electrons. The number of nitrogens with two attached hydrogens (primary N) is 1. The van der Waals surface area contributed by atoms with Crippen molar-refractivity contribution < 1.29 is 29.1 Å². The van der Waals surface area contributed by atoms with Gasteiger partial charge in [-0.25, -0.2) is 29.9 Å². The summed E-state index contributed by atoms with van der Waals surface area (Å²) in [6.07, 6.45) is 28.0. The predicted molar refractivity (Wildman–Crippen MR) is 372 cm³/mol. The van der Waals surface area contributed by atoms with E-state index in [4.69, 9.17) is 48.5 Å². The molecular formula is C63H70BBrCl2N20O6. The molecule has 0 unspecified atom stereocenters. The van der Waals surface area contributed by atoms with Crippen LogP contribution in [0.1, 0.15) is 0 Å². The maximum absolute atomic E-state index is 12.2. The monoisotopic (exact) mass is 1360 g/mol. The zero-order valence-corrected chi connectivity index (χ0v) is 55.4. The number of nitrogens with one attached hydrogen (secondary N) is 3. The lowest BCUT2D eigenvalue weighted by Crippen LogP contribution is -2.29. The molecule has 7 N–H and O–H groups in total. The summed E-state index contributed by atoms with van der Waals surface area (Å²) in [5.74, 6) is 1.20. The standard InChI is InChI=1S/C26H30N8O2.C15H24N4O2.C11H7ClN4.C6H3BrClN3.C5H6BNO2/c1-6-26(35)31-19-12-20(23(36-5)13-21(19)33(4)11-10-32(2)3)30-24-17-34-22(15-29-25(34)16-28-24)18-8-7-9-27-14-18;1-6-15(20)17-12-9-11(16)14(21-5)10-13(12)19(4)8-7-18(2)3;12-10-7-16-9(5-15-11(16)6-14-10)8-2-1-3-13-4-8;7-4-1-10-6-2-9-5(8)3-11(4)6;8-6(9)5-2-1-3-7-4-5/h6-9,12-17,30H,1,10-11H2,2-5H3,(H,31,35);6,9-10H,1,7-8,16H2,2-5H3,(H,17,20);1-7H;1-3H;1-4,8-9H. The van der Waals surface area contributed by atoms with Crippen LogP contribution in [0.2, 0.25) is 10.3 Å². The van der Waals surface area contributed by atoms with E-state index in [9.17, 15) is 9.59 Å². The molecule has 9 aromatic heterocycles. The number of nitrogens with zero attached hydrogens (tertiary/aromatic N) is 16. The van der Waals surface area contributed by atoms with E-state index in [1.165, 1.54) is 18.3 Å². The molecule has 0 saturated carbocycles. The Morgan fingerprint density at radius 3 is 1.52 bits per heavy atom. The second-order valence-electron chi connectivity index (χ2n) is 20.5. The number of likely N-dealkylation sites (N-methyl/N-ethyl adjacent to an activating group) is 4. The van der Waals surface area contributed by atoms with E-state index < -0.39 is 7.12 Å². The number of carbonyl (C=O) groups excluding carboxylic acids is 2. The number of ether oxygens (including phenoxy) is 2. The van der Waals surface area contributed by atoms with Gasteiger partial charge in [-0.1, -0.05) is 42.4 Å². The zero-order chi connectivity index (χ0) is 67.1. The van der Waals surface area contributed by atoms with E-state index in [0.717, 1.165) is 76.0 Å². The second-order valence-corrected chi connectivity index (χ2v) is 22.1. The molecule has 2 aromatic carbocycles. The molecule has 30 heteroatoms. The smallest absolute Gasteiger partial charge is 0.490 e. The summed E-state index contributed by atoms with van der Waals surface area (Å²) in [6.45, 7) is 10.3. The van der Waals surface area contributed by atoms with E-state index in [2.05, 4.69) is 105 Å². The first-order chi connectivity index (χ1) is 44.7. The molecule has 0 atom stereocenters. The van der Waals surface area contributed by atoms with Crippen LogP contribution >= 0.6 is 39.1 Å². The van der Waals surface area contributed by atoms with Gasteiger partial charge in [0, 0.05) is 119 Å². The number of imidazole rings is 3. The van der Waals surface area contributed by atoms with Crippen LogP contribution in [0.3, 0.4) is 0 Å². The number of hydrogen-bond donors (Lipinski definition) is 6. The van der Waals surface area contributed by atoms with Gasteiger partial charge in [0.25, 0.3) is 0 Å². The summed E-state index contributed by atoms with van der Waals surface area (Å²) in [4.78, 5) is 69.2. The molecule has 2 amide bonds. The first-order valence-corrected chi connectivity index (χ1v) is 29.8. The van der Waals surface area contributed by atoms with Crippen molar-refractivity contribution in [3.05, 3.63) is 194 Å². The Bertz CT molecular complexity index is 4260. The van der Waals surface area contributed by atoms with Gasteiger partial charge in [0.2, 0.25) is 11.8 Å². The molecule has 0 bridgehead atoms. The number of hydrogen-bond acceptors (Lipinski definition) is 21. The maximum Gasteiger partial charge on any atom is 0.490 e. The number of aromatic nitrogens is 12. The van der Waals surface area contributed by atoms with Crippen LogP contribution in [0.15, 0.2) is 184 Å². The van der Waals surface area contributed by atoms with E-state index in [1.54, 1.807) is 113 Å². The Morgan fingerprint density at radius 2 is 1.05 bits per heavy atom. The van der Waals surface area contributed by atoms with Crippen molar-refractivity contribution in [3.63, 3.8) is 0 Å². The first-order valence-electron chi connectivity index (χ1n) is 28.3. The predicted octanol–water partition coefficient (Wildman–Crippen LogP) is 8.42. The molecule has 11 rings (SSSR count). The highest BCUT2D eigenvalue weighted by Crippen LogP contribution is 2.39. The number of pyridine rings is 3. The minimum atomic E-state index is -1.40. The molecule has 0 aliphatic carbocycles. The van der Waals surface area contributed by atoms with Gasteiger partial charge in [0.05, 0.1) is 103 Å². The molecule has 26 nitrogen and oxygen atoms in total. The van der Waals surface area contributed by atoms with Crippen LogP contribution < -0.4 is 46.4 Å². The number of anilines is 7. The van der Waals surface area contributed by atoms with Gasteiger partial charge in [-0.05, 0) is 98.7 Å². The van der Waals surface area contributed by atoms with Crippen molar-refractivity contribution in [2.75, 3.05) is 114 Å². The van der Waals surface area contributed by atoms with E-state index in [-0.39, 0.29) is 11.8 Å². The van der Waals surface area contributed by atoms with Crippen molar-refractivity contribution in [3.8, 4) is 34.0 Å². The Morgan fingerprint density at radius 1 is 0.591 bits per heavy atom. The number of carbonyl (C=O) groups is 2. The van der Waals surface area contributed by atoms with Crippen molar-refractivity contribution >= 4 is 120 Å². The molecule has 11 aromatic rings. The third-order valence-corrected chi connectivity index (χ3v) is 14.4. The third-order valence-electron chi connectivity index (χ3n) is 13.4. The average molecular weight is 1370 g/mol. The van der Waals surface area contributed by atoms with Crippen molar-refractivity contribution in [2.45, 2.75) is 0 Å². The number of nitrogen functional groups attached to an aromatic ring is 1. The summed E-state index contributed by atoms with van der Waals surface area (Å²) >= 11 is 14.8. The van der Waals surface area contributed by atoms with Crippen LogP contribution in [0, 0.1) is 0 Å². The minimum Gasteiger partial charge on any atom is -0.495 e. The van der Waals surface area contributed by atoms with Crippen molar-refractivity contribution in [2.24, 2.45) is 0 Å². The first kappa shape index (κ1) is 70.4. The van der Waals surface area contributed by atoms with Gasteiger partial charge in [0.1, 0.15) is 32.2 Å². The third kappa shape index (κ3) is 20.0. The molecule has 0 fully saturated rings. The molecular weight excluding hydrogens is 1290 g/mol. The molecule has 482 valence electrons. The summed E-state index contributed by atoms with van der Waals surface area (Å²) in [6, 6.07) is 18.2. The number of amides is 2. The number of halogens is 3. The highest BCUT2D eigenvalue weighted by atomic mass is 79.9. The fourth-order valence-electron chi connectivity index (χ4n) is 8.52. The molecule has 0 aliphatic heterocycles. The highest BCUT2D eigenvalue weighted by molar-refractivity contribution is 9.10. The van der Waals surface area contributed by atoms with Gasteiger partial charge in [-0.15, -0.1) is 0 Å². The molecule has 0 spiro atoms. The van der Waals surface area contributed by atoms with Crippen molar-refractivity contribution in [1.82, 2.24) is 67.9 Å². The van der Waals surface area contributed by atoms with E-state index in [0.29, 0.717) is 61.5 Å². The Hall–Kier alpha value is -10.1. The zero-order valence-electron chi connectivity index (χ0n) is 52.3. The molecule has 9 heterocycles. The maximum atomic E-state index is 12.2. The van der Waals surface area contributed by atoms with E-state index in [1.807, 2.05) is 109 Å². The fraction of sp³-hybridized carbons (Fsp3) is 0.190. The summed E-state index contributed by atoms with van der Waals surface area (Å²) in [7, 11) is 13.8. The van der Waals surface area contributed by atoms with E-state index >= 15 is 0 Å². The summed E-state index contributed by atoms with van der Waals surface area (Å²) < 4.78 is 17.5. The fourth-order valence-corrected chi connectivity index (χ4v) is 9.20. The topological polar surface area (TPSA) is 297 Å². The lowest BCUT2D eigenvalue weighted by atomic mass is 9.82. The highest BCUT2D eigenvalue weighted by Gasteiger charge is 2.19. The number of benzene rings is 2. The summed E-state index contributed by atoms with van der Waals surface area (Å²) in [5.41, 5.74) is 16.4. The Balaban J connectivity index is 0.000000181. The largest absolute Gasteiger partial charge is 0.495 e. The number of methoxy groups -OCH3 is 2. The molecule has 93 heavy (non-hydrogen) atoms. The van der Waals surface area contributed by atoms with Gasteiger partial charge < -0.3 is 60.8 Å². The van der Waals surface area contributed by atoms with Crippen LogP contribution in [0.4, 0.5) is 39.9 Å². The lowest BCUT2D eigenvalue weighted by Gasteiger charge is -2.26. The average Bonchev–Trinajstić information content (AvgIpc) is 1.90. The number of fused-ring (bicyclic) bond motifs is 3. The van der Waals surface area contributed by atoms with Crippen LogP contribution in [-0.2, 0) is 9.59 Å². The molecule has 0 saturated heterocycles. The lowest BCUT2D eigenvalue weighted by molar-refractivity contribution is -0.112. The Kier molecular flexibility index (Phi) is 26.0. The normalized spacial score (nSPS) is 10.6. The van der Waals surface area contributed by atoms with Crippen molar-refractivity contribution in [1.29, 1.82) is 0 Å². The van der Waals surface area contributed by atoms with Gasteiger partial charge in [-0.2, -0.15) is 0 Å². The SMILES string of the molecule is C=CC(=O)Nc1cc(N)c(OC)cc1N(C)CCN(C)C.C=CC(=O)Nc1cc(Nc2cn3c(-c4cccnc4)cnc3cn2)c(OC)cc1N(C)CCN(C)C.Clc1cn2c(-c3cccnc3)cnc2cn1.Clc1cn2c(Br)cnc2cn1.OB(O)c1cccnc1. The van der Waals surface area contributed by atoms with Crippen LogP contribution in [0.25, 0.3) is 39.5 Å². The van der Waals surface area contributed by atoms with Gasteiger partial charge in [-0.3, -0.25) is 37.7 Å². The van der Waals surface area contributed by atoms with Gasteiger partial charge in [0.15, 0.2) is 16.9 Å². The number of rotatable bonds is 19.